The molecule has 4 rings (SSSR count). The molecular formula is C25H25BrN4O2. The Labute approximate surface area is 196 Å². The van der Waals surface area contributed by atoms with E-state index >= 15 is 0 Å². The summed E-state index contributed by atoms with van der Waals surface area (Å²) in [5, 5.41) is 5.68. The van der Waals surface area contributed by atoms with Gasteiger partial charge in [0.05, 0.1) is 5.69 Å². The number of carbonyl (C=O) groups excluding carboxylic acids is 2. The number of urea groups is 1. The number of hydrogen-bond acceptors (Lipinski definition) is 3. The molecule has 0 radical (unpaired) electrons. The van der Waals surface area contributed by atoms with Gasteiger partial charge in [0.25, 0.3) is 5.91 Å². The van der Waals surface area contributed by atoms with Crippen LogP contribution < -0.4 is 15.5 Å². The maximum Gasteiger partial charge on any atom is 0.323 e. The van der Waals surface area contributed by atoms with Gasteiger partial charge in [-0.1, -0.05) is 30.3 Å². The van der Waals surface area contributed by atoms with Crippen LogP contribution in [0.15, 0.2) is 77.3 Å². The van der Waals surface area contributed by atoms with Crippen LogP contribution in [0.25, 0.3) is 0 Å². The topological polar surface area (TPSA) is 64.7 Å². The number of aryl methyl sites for hydroxylation is 1. The number of anilines is 3. The molecule has 0 saturated carbocycles. The summed E-state index contributed by atoms with van der Waals surface area (Å²) in [6.45, 7) is 4.88. The largest absolute Gasteiger partial charge is 0.368 e. The van der Waals surface area contributed by atoms with E-state index in [-0.39, 0.29) is 11.9 Å². The smallest absolute Gasteiger partial charge is 0.323 e. The second kappa shape index (κ2) is 9.87. The highest BCUT2D eigenvalue weighted by molar-refractivity contribution is 9.10. The molecule has 0 bridgehead atoms. The number of nitrogens with one attached hydrogen (secondary N) is 2. The molecule has 32 heavy (non-hydrogen) atoms. The fraction of sp³-hybridized carbons (Fsp3) is 0.200. The Morgan fingerprint density at radius 1 is 0.812 bits per heavy atom. The minimum absolute atomic E-state index is 0.0957. The maximum atomic E-state index is 12.8. The van der Waals surface area contributed by atoms with Gasteiger partial charge in [-0.3, -0.25) is 4.79 Å². The van der Waals surface area contributed by atoms with Crippen LogP contribution in [0.5, 0.6) is 0 Å². The third-order valence-electron chi connectivity index (χ3n) is 5.55. The SMILES string of the molecule is Cc1ccccc1C(=O)N1CCN(c2ccc(NC(=O)Nc3ccccc3Br)cc2)CC1. The fourth-order valence-corrected chi connectivity index (χ4v) is 4.14. The molecule has 2 N–H and O–H groups in total. The normalized spacial score (nSPS) is 13.6. The Bertz CT molecular complexity index is 1110. The minimum atomic E-state index is -0.298. The van der Waals surface area contributed by atoms with Gasteiger partial charge in [-0.15, -0.1) is 0 Å². The summed E-state index contributed by atoms with van der Waals surface area (Å²) in [6, 6.07) is 22.6. The minimum Gasteiger partial charge on any atom is -0.368 e. The quantitative estimate of drug-likeness (QED) is 0.514. The highest BCUT2D eigenvalue weighted by Gasteiger charge is 2.23. The van der Waals surface area contributed by atoms with Gasteiger partial charge in [-0.2, -0.15) is 0 Å². The first-order chi connectivity index (χ1) is 15.5. The lowest BCUT2D eigenvalue weighted by Gasteiger charge is -2.36. The molecule has 0 atom stereocenters. The number of amides is 3. The predicted molar refractivity (Wildman–Crippen MR) is 133 cm³/mol. The molecule has 164 valence electrons. The second-order valence-electron chi connectivity index (χ2n) is 7.70. The fourth-order valence-electron chi connectivity index (χ4n) is 3.75. The molecule has 6 nitrogen and oxygen atoms in total. The Hall–Kier alpha value is -3.32. The van der Waals surface area contributed by atoms with Gasteiger partial charge < -0.3 is 20.4 Å². The number of piperazine rings is 1. The first-order valence-electron chi connectivity index (χ1n) is 10.5. The number of rotatable bonds is 4. The summed E-state index contributed by atoms with van der Waals surface area (Å²) in [4.78, 5) is 29.3. The van der Waals surface area contributed by atoms with E-state index in [1.165, 1.54) is 0 Å². The van der Waals surface area contributed by atoms with E-state index in [0.29, 0.717) is 24.5 Å². The molecule has 0 unspecified atom stereocenters. The summed E-state index contributed by atoms with van der Waals surface area (Å²) >= 11 is 3.42. The van der Waals surface area contributed by atoms with E-state index in [2.05, 4.69) is 31.5 Å². The highest BCUT2D eigenvalue weighted by atomic mass is 79.9. The van der Waals surface area contributed by atoms with Crippen molar-refractivity contribution >= 4 is 44.9 Å². The lowest BCUT2D eigenvalue weighted by molar-refractivity contribution is 0.0746. The van der Waals surface area contributed by atoms with Gasteiger partial charge in [-0.25, -0.2) is 4.79 Å². The van der Waals surface area contributed by atoms with Crippen molar-refractivity contribution in [2.45, 2.75) is 6.92 Å². The first-order valence-corrected chi connectivity index (χ1v) is 11.3. The zero-order valence-corrected chi connectivity index (χ0v) is 19.4. The van der Waals surface area contributed by atoms with Crippen LogP contribution in [0, 0.1) is 6.92 Å². The second-order valence-corrected chi connectivity index (χ2v) is 8.55. The lowest BCUT2D eigenvalue weighted by Crippen LogP contribution is -2.48. The maximum absolute atomic E-state index is 12.8. The summed E-state index contributed by atoms with van der Waals surface area (Å²) in [5.74, 6) is 0.0957. The Morgan fingerprint density at radius 2 is 1.47 bits per heavy atom. The molecule has 0 aliphatic carbocycles. The van der Waals surface area contributed by atoms with Crippen molar-refractivity contribution in [3.8, 4) is 0 Å². The monoisotopic (exact) mass is 492 g/mol. The van der Waals surface area contributed by atoms with E-state index in [0.717, 1.165) is 34.4 Å². The van der Waals surface area contributed by atoms with E-state index in [1.54, 1.807) is 0 Å². The highest BCUT2D eigenvalue weighted by Crippen LogP contribution is 2.23. The van der Waals surface area contributed by atoms with Crippen LogP contribution in [0.1, 0.15) is 15.9 Å². The number of benzene rings is 3. The number of para-hydroxylation sites is 1. The summed E-state index contributed by atoms with van der Waals surface area (Å²) in [7, 11) is 0. The third kappa shape index (κ3) is 5.11. The van der Waals surface area contributed by atoms with Crippen molar-refractivity contribution in [3.63, 3.8) is 0 Å². The molecular weight excluding hydrogens is 468 g/mol. The first kappa shape index (κ1) is 21.9. The van der Waals surface area contributed by atoms with Crippen LogP contribution in [0.2, 0.25) is 0 Å². The van der Waals surface area contributed by atoms with Crippen molar-refractivity contribution in [3.05, 3.63) is 88.4 Å². The third-order valence-corrected chi connectivity index (χ3v) is 6.25. The molecule has 3 amide bonds. The van der Waals surface area contributed by atoms with Crippen molar-refractivity contribution < 1.29 is 9.59 Å². The number of nitrogens with zero attached hydrogens (tertiary/aromatic N) is 2. The van der Waals surface area contributed by atoms with Gasteiger partial charge in [0.2, 0.25) is 0 Å². The van der Waals surface area contributed by atoms with Gasteiger partial charge in [0.1, 0.15) is 0 Å². The predicted octanol–water partition coefficient (Wildman–Crippen LogP) is 5.36. The number of hydrogen-bond donors (Lipinski definition) is 2. The average molecular weight is 493 g/mol. The molecule has 1 heterocycles. The lowest BCUT2D eigenvalue weighted by atomic mass is 10.1. The van der Waals surface area contributed by atoms with Gasteiger partial charge in [0.15, 0.2) is 0 Å². The van der Waals surface area contributed by atoms with Gasteiger partial charge in [-0.05, 0) is 70.9 Å². The van der Waals surface area contributed by atoms with E-state index in [4.69, 9.17) is 0 Å². The van der Waals surface area contributed by atoms with Gasteiger partial charge >= 0.3 is 6.03 Å². The molecule has 0 aromatic heterocycles. The van der Waals surface area contributed by atoms with Crippen LogP contribution >= 0.6 is 15.9 Å². The number of halogens is 1. The Balaban J connectivity index is 1.31. The summed E-state index contributed by atoms with van der Waals surface area (Å²) in [6.07, 6.45) is 0. The number of carbonyl (C=O) groups is 2. The molecule has 1 aliphatic rings. The molecule has 1 aliphatic heterocycles. The van der Waals surface area contributed by atoms with E-state index in [9.17, 15) is 9.59 Å². The van der Waals surface area contributed by atoms with Crippen molar-refractivity contribution in [1.29, 1.82) is 0 Å². The molecule has 1 fully saturated rings. The van der Waals surface area contributed by atoms with Crippen molar-refractivity contribution in [2.75, 3.05) is 41.7 Å². The van der Waals surface area contributed by atoms with E-state index in [1.807, 2.05) is 84.6 Å². The molecule has 3 aromatic rings. The zero-order chi connectivity index (χ0) is 22.5. The summed E-state index contributed by atoms with van der Waals surface area (Å²) in [5.41, 5.74) is 4.28. The Kier molecular flexibility index (Phi) is 6.75. The van der Waals surface area contributed by atoms with Gasteiger partial charge in [0, 0.05) is 47.6 Å². The summed E-state index contributed by atoms with van der Waals surface area (Å²) < 4.78 is 0.825. The Morgan fingerprint density at radius 3 is 2.16 bits per heavy atom. The van der Waals surface area contributed by atoms with Crippen molar-refractivity contribution in [1.82, 2.24) is 4.90 Å². The van der Waals surface area contributed by atoms with E-state index < -0.39 is 0 Å². The van der Waals surface area contributed by atoms with Crippen LogP contribution in [-0.2, 0) is 0 Å². The standard InChI is InChI=1S/C25H25BrN4O2/c1-18-6-2-3-7-21(18)24(31)30-16-14-29(15-17-30)20-12-10-19(11-13-20)27-25(32)28-23-9-5-4-8-22(23)26/h2-13H,14-17H2,1H3,(H2,27,28,32). The average Bonchev–Trinajstić information content (AvgIpc) is 2.81. The van der Waals surface area contributed by atoms with Crippen LogP contribution in [0.4, 0.5) is 21.9 Å². The van der Waals surface area contributed by atoms with Crippen LogP contribution in [-0.4, -0.2) is 43.0 Å². The zero-order valence-electron chi connectivity index (χ0n) is 17.8. The van der Waals surface area contributed by atoms with Crippen LogP contribution in [0.3, 0.4) is 0 Å². The molecule has 1 saturated heterocycles. The molecule has 0 spiro atoms. The molecule has 7 heteroatoms. The molecule has 3 aromatic carbocycles. The van der Waals surface area contributed by atoms with Crippen molar-refractivity contribution in [2.24, 2.45) is 0 Å².